The highest BCUT2D eigenvalue weighted by molar-refractivity contribution is 14.1. The van der Waals surface area contributed by atoms with E-state index in [-0.39, 0.29) is 5.56 Å². The van der Waals surface area contributed by atoms with Crippen LogP contribution in [0, 0.1) is 14.9 Å². The Labute approximate surface area is 123 Å². The van der Waals surface area contributed by atoms with Gasteiger partial charge in [-0.15, -0.1) is 0 Å². The second-order valence-electron chi connectivity index (χ2n) is 3.82. The smallest absolute Gasteiger partial charge is 0.267 e. The summed E-state index contributed by atoms with van der Waals surface area (Å²) < 4.78 is 7.23. The van der Waals surface area contributed by atoms with Crippen molar-refractivity contribution >= 4 is 22.6 Å². The number of halogens is 1. The third-order valence-electron chi connectivity index (χ3n) is 2.60. The number of rotatable bonds is 3. The first-order chi connectivity index (χ1) is 9.15. The predicted molar refractivity (Wildman–Crippen MR) is 78.0 cm³/mol. The Balaban J connectivity index is 2.37. The molecule has 1 heterocycles. The molecule has 0 radical (unpaired) electrons. The normalized spacial score (nSPS) is 9.95. The van der Waals surface area contributed by atoms with E-state index in [1.807, 2.05) is 22.6 Å². The summed E-state index contributed by atoms with van der Waals surface area (Å²) in [5, 5.41) is 8.91. The molecule has 0 amide bonds. The summed E-state index contributed by atoms with van der Waals surface area (Å²) in [6.45, 7) is 0.394. The van der Waals surface area contributed by atoms with Gasteiger partial charge in [0.05, 0.1) is 29.1 Å². The average molecular weight is 367 g/mol. The zero-order valence-corrected chi connectivity index (χ0v) is 12.3. The minimum atomic E-state index is -0.0843. The van der Waals surface area contributed by atoms with E-state index >= 15 is 0 Å². The third-order valence-corrected chi connectivity index (χ3v) is 3.34. The van der Waals surface area contributed by atoms with Crippen molar-refractivity contribution in [3.63, 3.8) is 0 Å². The molecule has 2 rings (SSSR count). The van der Waals surface area contributed by atoms with E-state index in [4.69, 9.17) is 10.00 Å². The lowest BCUT2D eigenvalue weighted by atomic mass is 10.1. The van der Waals surface area contributed by atoms with Crippen molar-refractivity contribution in [2.24, 2.45) is 0 Å². The molecule has 0 unspecified atom stereocenters. The summed E-state index contributed by atoms with van der Waals surface area (Å²) in [6.07, 6.45) is 3.02. The molecule has 0 aliphatic rings. The average Bonchev–Trinajstić information content (AvgIpc) is 2.43. The highest BCUT2D eigenvalue weighted by Crippen LogP contribution is 2.19. The molecule has 0 aliphatic heterocycles. The van der Waals surface area contributed by atoms with E-state index in [1.165, 1.54) is 24.2 Å². The molecule has 5 nitrogen and oxygen atoms in total. The fourth-order valence-electron chi connectivity index (χ4n) is 1.66. The van der Waals surface area contributed by atoms with Gasteiger partial charge in [-0.05, 0) is 40.3 Å². The van der Waals surface area contributed by atoms with Crippen LogP contribution in [0.5, 0.6) is 5.75 Å². The molecule has 19 heavy (non-hydrogen) atoms. The minimum Gasteiger partial charge on any atom is -0.495 e. The van der Waals surface area contributed by atoms with Crippen molar-refractivity contribution in [1.29, 1.82) is 5.26 Å². The molecule has 1 aromatic carbocycles. The lowest BCUT2D eigenvalue weighted by molar-refractivity contribution is 0.412. The van der Waals surface area contributed by atoms with E-state index in [1.54, 1.807) is 18.2 Å². The highest BCUT2D eigenvalue weighted by atomic mass is 127. The number of nitriles is 1. The van der Waals surface area contributed by atoms with Crippen LogP contribution in [0.4, 0.5) is 0 Å². The summed E-state index contributed by atoms with van der Waals surface area (Å²) >= 11 is 1.95. The molecule has 0 atom stereocenters. The molecular formula is C13H10IN3O2. The molecule has 0 N–H and O–H groups in total. The molecule has 0 spiro atoms. The van der Waals surface area contributed by atoms with Gasteiger partial charge in [0.2, 0.25) is 0 Å². The van der Waals surface area contributed by atoms with Crippen molar-refractivity contribution in [1.82, 2.24) is 9.55 Å². The van der Waals surface area contributed by atoms with Gasteiger partial charge >= 0.3 is 0 Å². The fraction of sp³-hybridized carbons (Fsp3) is 0.154. The molecule has 6 heteroatoms. The SMILES string of the molecule is COc1cc(Cn2cncc(I)c2=O)ccc1C#N. The number of methoxy groups -OCH3 is 1. The van der Waals surface area contributed by atoms with E-state index in [2.05, 4.69) is 11.1 Å². The number of benzene rings is 1. The Bertz CT molecular complexity index is 704. The van der Waals surface area contributed by atoms with E-state index in [0.29, 0.717) is 21.4 Å². The molecule has 0 saturated carbocycles. The first kappa shape index (κ1) is 13.5. The van der Waals surface area contributed by atoms with Gasteiger partial charge < -0.3 is 4.74 Å². The van der Waals surface area contributed by atoms with E-state index in [0.717, 1.165) is 5.56 Å². The summed E-state index contributed by atoms with van der Waals surface area (Å²) in [5.74, 6) is 0.506. The summed E-state index contributed by atoms with van der Waals surface area (Å²) in [4.78, 5) is 15.9. The van der Waals surface area contributed by atoms with E-state index in [9.17, 15) is 4.79 Å². The van der Waals surface area contributed by atoms with Crippen molar-refractivity contribution < 1.29 is 4.74 Å². The molecule has 1 aromatic heterocycles. The van der Waals surface area contributed by atoms with Gasteiger partial charge in [-0.25, -0.2) is 4.98 Å². The van der Waals surface area contributed by atoms with Crippen LogP contribution in [0.2, 0.25) is 0 Å². The topological polar surface area (TPSA) is 67.9 Å². The summed E-state index contributed by atoms with van der Waals surface area (Å²) in [7, 11) is 1.51. The Morgan fingerprint density at radius 3 is 3.00 bits per heavy atom. The van der Waals surface area contributed by atoms with Crippen molar-refractivity contribution in [2.45, 2.75) is 6.54 Å². The highest BCUT2D eigenvalue weighted by Gasteiger charge is 2.06. The monoisotopic (exact) mass is 367 g/mol. The van der Waals surface area contributed by atoms with Gasteiger partial charge in [0.25, 0.3) is 5.56 Å². The van der Waals surface area contributed by atoms with Crippen LogP contribution in [0.15, 0.2) is 35.5 Å². The second kappa shape index (κ2) is 5.84. The molecule has 0 bridgehead atoms. The number of aromatic nitrogens is 2. The zero-order chi connectivity index (χ0) is 13.8. The first-order valence-corrected chi connectivity index (χ1v) is 6.50. The quantitative estimate of drug-likeness (QED) is 0.776. The number of ether oxygens (including phenoxy) is 1. The van der Waals surface area contributed by atoms with Gasteiger partial charge in [0, 0.05) is 6.20 Å². The lowest BCUT2D eigenvalue weighted by Crippen LogP contribution is -2.22. The van der Waals surface area contributed by atoms with Crippen LogP contribution in [0.25, 0.3) is 0 Å². The predicted octanol–water partition coefficient (Wildman–Crippen LogP) is 1.78. The molecule has 96 valence electrons. The minimum absolute atomic E-state index is 0.0843. The van der Waals surface area contributed by atoms with Gasteiger partial charge in [-0.2, -0.15) is 5.26 Å². The maximum absolute atomic E-state index is 11.9. The van der Waals surface area contributed by atoms with Crippen molar-refractivity contribution in [3.05, 3.63) is 55.8 Å². The Kier molecular flexibility index (Phi) is 4.16. The van der Waals surface area contributed by atoms with Crippen molar-refractivity contribution in [2.75, 3.05) is 7.11 Å². The number of hydrogen-bond donors (Lipinski definition) is 0. The van der Waals surface area contributed by atoms with Crippen LogP contribution in [0.1, 0.15) is 11.1 Å². The number of hydrogen-bond acceptors (Lipinski definition) is 4. The molecule has 0 aliphatic carbocycles. The Hall–Kier alpha value is -1.88. The van der Waals surface area contributed by atoms with Crippen LogP contribution < -0.4 is 10.3 Å². The maximum atomic E-state index is 11.9. The summed E-state index contributed by atoms with van der Waals surface area (Å²) in [6, 6.07) is 7.29. The van der Waals surface area contributed by atoms with Gasteiger partial charge in [0.15, 0.2) is 0 Å². The molecule has 0 fully saturated rings. The first-order valence-electron chi connectivity index (χ1n) is 5.42. The third kappa shape index (κ3) is 2.93. The van der Waals surface area contributed by atoms with Crippen LogP contribution >= 0.6 is 22.6 Å². The zero-order valence-electron chi connectivity index (χ0n) is 10.1. The second-order valence-corrected chi connectivity index (χ2v) is 4.98. The Morgan fingerprint density at radius 2 is 2.32 bits per heavy atom. The van der Waals surface area contributed by atoms with Crippen molar-refractivity contribution in [3.8, 4) is 11.8 Å². The van der Waals surface area contributed by atoms with Gasteiger partial charge in [-0.1, -0.05) is 6.07 Å². The Morgan fingerprint density at radius 1 is 1.53 bits per heavy atom. The van der Waals surface area contributed by atoms with Gasteiger partial charge in [-0.3, -0.25) is 9.36 Å². The maximum Gasteiger partial charge on any atom is 0.267 e. The lowest BCUT2D eigenvalue weighted by Gasteiger charge is -2.08. The van der Waals surface area contributed by atoms with E-state index < -0.39 is 0 Å². The molecule has 2 aromatic rings. The largest absolute Gasteiger partial charge is 0.495 e. The van der Waals surface area contributed by atoms with Crippen LogP contribution in [0.3, 0.4) is 0 Å². The van der Waals surface area contributed by atoms with Crippen LogP contribution in [-0.4, -0.2) is 16.7 Å². The summed E-state index contributed by atoms with van der Waals surface area (Å²) in [5.41, 5.74) is 1.26. The molecular weight excluding hydrogens is 357 g/mol. The van der Waals surface area contributed by atoms with Gasteiger partial charge in [0.1, 0.15) is 11.8 Å². The molecule has 0 saturated heterocycles. The van der Waals surface area contributed by atoms with Crippen LogP contribution in [-0.2, 0) is 6.54 Å². The number of nitrogens with zero attached hydrogens (tertiary/aromatic N) is 3. The standard InChI is InChI=1S/C13H10IN3O2/c1-19-12-4-9(2-3-10(12)5-15)7-17-8-16-6-11(14)13(17)18/h2-4,6,8H,7H2,1H3. The fourth-order valence-corrected chi connectivity index (χ4v) is 2.13.